The quantitative estimate of drug-likeness (QED) is 0.846. The summed E-state index contributed by atoms with van der Waals surface area (Å²) in [7, 11) is 0. The van der Waals surface area contributed by atoms with Crippen molar-refractivity contribution in [1.82, 2.24) is 4.90 Å². The Labute approximate surface area is 122 Å². The lowest BCUT2D eigenvalue weighted by molar-refractivity contribution is 0.269. The number of thioether (sulfide) groups is 1. The molecule has 0 radical (unpaired) electrons. The molecule has 0 bridgehead atoms. The zero-order chi connectivity index (χ0) is 13.1. The SMILES string of the molecule is Clc1ccc(-c2ccc(CN3CCSCC3)o2)cc1. The number of nitrogens with zero attached hydrogens (tertiary/aromatic N) is 1. The monoisotopic (exact) mass is 293 g/mol. The van der Waals surface area contributed by atoms with E-state index in [9.17, 15) is 0 Å². The van der Waals surface area contributed by atoms with E-state index in [2.05, 4.69) is 11.0 Å². The van der Waals surface area contributed by atoms with Gasteiger partial charge in [-0.15, -0.1) is 0 Å². The van der Waals surface area contributed by atoms with E-state index in [1.165, 1.54) is 11.5 Å². The Morgan fingerprint density at radius 2 is 1.79 bits per heavy atom. The van der Waals surface area contributed by atoms with Crippen molar-refractivity contribution < 1.29 is 4.42 Å². The smallest absolute Gasteiger partial charge is 0.134 e. The van der Waals surface area contributed by atoms with Crippen molar-refractivity contribution in [2.45, 2.75) is 6.54 Å². The van der Waals surface area contributed by atoms with Gasteiger partial charge in [-0.1, -0.05) is 11.6 Å². The van der Waals surface area contributed by atoms with Gasteiger partial charge in [0.1, 0.15) is 11.5 Å². The highest BCUT2D eigenvalue weighted by Gasteiger charge is 2.13. The van der Waals surface area contributed by atoms with Gasteiger partial charge in [-0.3, -0.25) is 4.90 Å². The van der Waals surface area contributed by atoms with Crippen LogP contribution in [0, 0.1) is 0 Å². The molecule has 1 aromatic carbocycles. The molecular weight excluding hydrogens is 278 g/mol. The van der Waals surface area contributed by atoms with Gasteiger partial charge < -0.3 is 4.42 Å². The van der Waals surface area contributed by atoms with Gasteiger partial charge in [0.2, 0.25) is 0 Å². The summed E-state index contributed by atoms with van der Waals surface area (Å²) in [5, 5.41) is 0.751. The lowest BCUT2D eigenvalue weighted by Gasteiger charge is -2.24. The summed E-state index contributed by atoms with van der Waals surface area (Å²) in [6.45, 7) is 3.22. The Morgan fingerprint density at radius 3 is 2.53 bits per heavy atom. The Bertz CT molecular complexity index is 531. The number of hydrogen-bond donors (Lipinski definition) is 0. The van der Waals surface area contributed by atoms with Crippen LogP contribution in [0.2, 0.25) is 5.02 Å². The summed E-state index contributed by atoms with van der Waals surface area (Å²) >= 11 is 7.92. The Kier molecular flexibility index (Phi) is 4.16. The third kappa shape index (κ3) is 3.35. The number of furan rings is 1. The van der Waals surface area contributed by atoms with Crippen molar-refractivity contribution in [2.24, 2.45) is 0 Å². The Hall–Kier alpha value is -0.900. The van der Waals surface area contributed by atoms with Crippen LogP contribution in [0.25, 0.3) is 11.3 Å². The van der Waals surface area contributed by atoms with E-state index in [0.717, 1.165) is 41.7 Å². The van der Waals surface area contributed by atoms with Crippen molar-refractivity contribution >= 4 is 23.4 Å². The summed E-state index contributed by atoms with van der Waals surface area (Å²) < 4.78 is 5.92. The van der Waals surface area contributed by atoms with Gasteiger partial charge in [0.15, 0.2) is 0 Å². The molecule has 1 aromatic heterocycles. The van der Waals surface area contributed by atoms with Crippen LogP contribution < -0.4 is 0 Å². The number of benzene rings is 1. The van der Waals surface area contributed by atoms with Gasteiger partial charge in [-0.05, 0) is 36.4 Å². The molecule has 2 nitrogen and oxygen atoms in total. The first-order valence-electron chi connectivity index (χ1n) is 6.46. The molecule has 0 amide bonds. The van der Waals surface area contributed by atoms with E-state index >= 15 is 0 Å². The summed E-state index contributed by atoms with van der Waals surface area (Å²) in [6, 6.07) is 11.9. The van der Waals surface area contributed by atoms with Crippen LogP contribution >= 0.6 is 23.4 Å². The van der Waals surface area contributed by atoms with Crippen LogP contribution in [0.4, 0.5) is 0 Å². The predicted octanol–water partition coefficient (Wildman–Crippen LogP) is 4.15. The van der Waals surface area contributed by atoms with Crippen molar-refractivity contribution in [1.29, 1.82) is 0 Å². The highest BCUT2D eigenvalue weighted by Crippen LogP contribution is 2.24. The fraction of sp³-hybridized carbons (Fsp3) is 0.333. The fourth-order valence-corrected chi connectivity index (χ4v) is 3.32. The number of hydrogen-bond acceptors (Lipinski definition) is 3. The van der Waals surface area contributed by atoms with Gasteiger partial charge in [0.05, 0.1) is 6.54 Å². The normalized spacial score (nSPS) is 16.7. The third-order valence-electron chi connectivity index (χ3n) is 3.27. The van der Waals surface area contributed by atoms with Gasteiger partial charge >= 0.3 is 0 Å². The standard InChI is InChI=1S/C15H16ClNOS/c16-13-3-1-12(2-4-13)15-6-5-14(18-15)11-17-7-9-19-10-8-17/h1-6H,7-11H2. The van der Waals surface area contributed by atoms with Crippen molar-refractivity contribution in [3.63, 3.8) is 0 Å². The van der Waals surface area contributed by atoms with Crippen molar-refractivity contribution in [3.05, 3.63) is 47.2 Å². The van der Waals surface area contributed by atoms with E-state index in [1.54, 1.807) is 0 Å². The third-order valence-corrected chi connectivity index (χ3v) is 4.47. The molecule has 100 valence electrons. The maximum atomic E-state index is 5.92. The van der Waals surface area contributed by atoms with Crippen molar-refractivity contribution in [2.75, 3.05) is 24.6 Å². The molecule has 1 fully saturated rings. The van der Waals surface area contributed by atoms with E-state index < -0.39 is 0 Å². The highest BCUT2D eigenvalue weighted by molar-refractivity contribution is 7.99. The number of halogens is 1. The number of rotatable bonds is 3. The van der Waals surface area contributed by atoms with Crippen LogP contribution in [0.15, 0.2) is 40.8 Å². The summed E-state index contributed by atoms with van der Waals surface area (Å²) in [5.41, 5.74) is 1.07. The average molecular weight is 294 g/mol. The molecule has 0 aliphatic carbocycles. The van der Waals surface area contributed by atoms with E-state index in [-0.39, 0.29) is 0 Å². The zero-order valence-corrected chi connectivity index (χ0v) is 12.2. The van der Waals surface area contributed by atoms with E-state index in [1.807, 2.05) is 42.1 Å². The lowest BCUT2D eigenvalue weighted by atomic mass is 10.2. The summed E-state index contributed by atoms with van der Waals surface area (Å²) in [6.07, 6.45) is 0. The first kappa shape index (κ1) is 13.1. The molecule has 0 saturated carbocycles. The molecule has 3 rings (SSSR count). The Balaban J connectivity index is 1.70. The highest BCUT2D eigenvalue weighted by atomic mass is 35.5. The second-order valence-electron chi connectivity index (χ2n) is 4.66. The molecular formula is C15H16ClNOS. The van der Waals surface area contributed by atoms with Crippen LogP contribution in [0.5, 0.6) is 0 Å². The molecule has 0 spiro atoms. The molecule has 0 unspecified atom stereocenters. The van der Waals surface area contributed by atoms with Crippen LogP contribution in [-0.2, 0) is 6.54 Å². The molecule has 0 N–H and O–H groups in total. The summed E-state index contributed by atoms with van der Waals surface area (Å²) in [4.78, 5) is 2.45. The lowest BCUT2D eigenvalue weighted by Crippen LogP contribution is -2.31. The molecule has 0 atom stereocenters. The van der Waals surface area contributed by atoms with Gasteiger partial charge in [0, 0.05) is 35.2 Å². The van der Waals surface area contributed by atoms with Gasteiger partial charge in [-0.2, -0.15) is 11.8 Å². The first-order chi connectivity index (χ1) is 9.31. The minimum absolute atomic E-state index is 0.751. The van der Waals surface area contributed by atoms with E-state index in [0.29, 0.717) is 0 Å². The van der Waals surface area contributed by atoms with E-state index in [4.69, 9.17) is 16.0 Å². The molecule has 1 aliphatic heterocycles. The average Bonchev–Trinajstić information content (AvgIpc) is 2.89. The second-order valence-corrected chi connectivity index (χ2v) is 6.32. The topological polar surface area (TPSA) is 16.4 Å². The van der Waals surface area contributed by atoms with Crippen molar-refractivity contribution in [3.8, 4) is 11.3 Å². The minimum atomic E-state index is 0.751. The predicted molar refractivity (Wildman–Crippen MR) is 81.8 cm³/mol. The van der Waals surface area contributed by atoms with Gasteiger partial charge in [-0.25, -0.2) is 0 Å². The summed E-state index contributed by atoms with van der Waals surface area (Å²) in [5.74, 6) is 4.41. The first-order valence-corrected chi connectivity index (χ1v) is 7.99. The molecule has 1 aliphatic rings. The van der Waals surface area contributed by atoms with Crippen LogP contribution in [0.1, 0.15) is 5.76 Å². The maximum absolute atomic E-state index is 5.92. The van der Waals surface area contributed by atoms with Crippen LogP contribution in [-0.4, -0.2) is 29.5 Å². The zero-order valence-electron chi connectivity index (χ0n) is 10.6. The van der Waals surface area contributed by atoms with Crippen LogP contribution in [0.3, 0.4) is 0 Å². The minimum Gasteiger partial charge on any atom is -0.460 e. The largest absolute Gasteiger partial charge is 0.460 e. The molecule has 2 aromatic rings. The molecule has 4 heteroatoms. The molecule has 2 heterocycles. The molecule has 19 heavy (non-hydrogen) atoms. The fourth-order valence-electron chi connectivity index (χ4n) is 2.21. The maximum Gasteiger partial charge on any atom is 0.134 e. The van der Waals surface area contributed by atoms with Gasteiger partial charge in [0.25, 0.3) is 0 Å². The second kappa shape index (κ2) is 6.04. The molecule has 1 saturated heterocycles. The Morgan fingerprint density at radius 1 is 1.05 bits per heavy atom.